The van der Waals surface area contributed by atoms with Crippen LogP contribution in [0.25, 0.3) is 5.69 Å². The van der Waals surface area contributed by atoms with Crippen LogP contribution in [0.1, 0.15) is 62.3 Å². The summed E-state index contributed by atoms with van der Waals surface area (Å²) in [7, 11) is 0. The Morgan fingerprint density at radius 2 is 1.80 bits per heavy atom. The van der Waals surface area contributed by atoms with E-state index in [9.17, 15) is 14.7 Å². The number of aryl methyl sites for hydroxylation is 3. The molecule has 160 valence electrons. The van der Waals surface area contributed by atoms with Gasteiger partial charge >= 0.3 is 5.69 Å². The molecule has 30 heavy (non-hydrogen) atoms. The summed E-state index contributed by atoms with van der Waals surface area (Å²) < 4.78 is 1.18. The van der Waals surface area contributed by atoms with Crippen molar-refractivity contribution in [3.05, 3.63) is 55.2 Å². The van der Waals surface area contributed by atoms with Gasteiger partial charge in [0.25, 0.3) is 5.56 Å². The van der Waals surface area contributed by atoms with Crippen molar-refractivity contribution in [1.82, 2.24) is 9.55 Å². The largest absolute Gasteiger partial charge is 0.493 e. The maximum atomic E-state index is 12.6. The Balaban J connectivity index is 1.80. The predicted octanol–water partition coefficient (Wildman–Crippen LogP) is 3.79. The quantitative estimate of drug-likeness (QED) is 0.756. The van der Waals surface area contributed by atoms with E-state index in [2.05, 4.69) is 25.8 Å². The molecule has 6 heteroatoms. The molecule has 0 spiro atoms. The number of aromatic nitrogens is 2. The molecular formula is C24H31N3O3. The van der Waals surface area contributed by atoms with Crippen molar-refractivity contribution in [2.45, 2.75) is 66.8 Å². The van der Waals surface area contributed by atoms with Crippen LogP contribution in [0.2, 0.25) is 0 Å². The second kappa shape index (κ2) is 6.69. The lowest BCUT2D eigenvalue weighted by Crippen LogP contribution is -2.35. The van der Waals surface area contributed by atoms with Gasteiger partial charge in [-0.15, -0.1) is 0 Å². The van der Waals surface area contributed by atoms with Gasteiger partial charge in [-0.3, -0.25) is 14.8 Å². The number of aliphatic imine (C=N–C) groups is 1. The first-order chi connectivity index (χ1) is 14.0. The molecule has 2 saturated carbocycles. The van der Waals surface area contributed by atoms with E-state index in [1.54, 1.807) is 0 Å². The van der Waals surface area contributed by atoms with E-state index < -0.39 is 11.2 Å². The Labute approximate surface area is 176 Å². The molecule has 2 aliphatic carbocycles. The van der Waals surface area contributed by atoms with Gasteiger partial charge in [0.15, 0.2) is 0 Å². The van der Waals surface area contributed by atoms with Crippen LogP contribution in [0.15, 0.2) is 26.7 Å². The smallest absolute Gasteiger partial charge is 0.335 e. The van der Waals surface area contributed by atoms with Crippen molar-refractivity contribution in [1.29, 1.82) is 0 Å². The highest BCUT2D eigenvalue weighted by Crippen LogP contribution is 2.66. The Kier molecular flexibility index (Phi) is 4.60. The number of nitrogens with zero attached hydrogens (tertiary/aromatic N) is 2. The number of rotatable bonds is 3. The van der Waals surface area contributed by atoms with Gasteiger partial charge in [0.05, 0.1) is 11.7 Å². The first-order valence-electron chi connectivity index (χ1n) is 10.7. The van der Waals surface area contributed by atoms with Gasteiger partial charge in [-0.2, -0.15) is 0 Å². The van der Waals surface area contributed by atoms with Crippen molar-refractivity contribution >= 4 is 6.21 Å². The van der Waals surface area contributed by atoms with E-state index in [0.29, 0.717) is 11.6 Å². The fourth-order valence-corrected chi connectivity index (χ4v) is 5.94. The highest BCUT2D eigenvalue weighted by molar-refractivity contribution is 5.82. The SMILES string of the molecule is Cc1cc(C)c(-n2c(O)c(C=N[C@H]3C[C@H]4CC[C@]3(C)C4(C)C)c(=O)[nH]c2=O)c(C)c1. The van der Waals surface area contributed by atoms with E-state index >= 15 is 0 Å². The van der Waals surface area contributed by atoms with Crippen LogP contribution in [0.5, 0.6) is 5.88 Å². The lowest BCUT2D eigenvalue weighted by atomic mass is 9.69. The van der Waals surface area contributed by atoms with E-state index in [0.717, 1.165) is 29.5 Å². The molecule has 0 radical (unpaired) electrons. The van der Waals surface area contributed by atoms with Crippen LogP contribution < -0.4 is 11.2 Å². The third-order valence-electron chi connectivity index (χ3n) is 8.11. The Bertz CT molecular complexity index is 1150. The zero-order valence-electron chi connectivity index (χ0n) is 18.7. The lowest BCUT2D eigenvalue weighted by molar-refractivity contribution is 0.137. The highest BCUT2D eigenvalue weighted by atomic mass is 16.3. The number of hydrogen-bond acceptors (Lipinski definition) is 4. The van der Waals surface area contributed by atoms with Crippen LogP contribution in [-0.2, 0) is 0 Å². The summed E-state index contributed by atoms with van der Waals surface area (Å²) >= 11 is 0. The summed E-state index contributed by atoms with van der Waals surface area (Å²) in [6.45, 7) is 12.7. The molecule has 0 amide bonds. The van der Waals surface area contributed by atoms with Crippen molar-refractivity contribution < 1.29 is 5.11 Å². The number of aromatic hydroxyl groups is 1. The fourth-order valence-electron chi connectivity index (χ4n) is 5.94. The van der Waals surface area contributed by atoms with Crippen LogP contribution >= 0.6 is 0 Å². The number of nitrogens with one attached hydrogen (secondary N) is 1. The summed E-state index contributed by atoms with van der Waals surface area (Å²) in [6, 6.07) is 4.00. The average molecular weight is 410 g/mol. The van der Waals surface area contributed by atoms with Gasteiger partial charge in [0.2, 0.25) is 5.88 Å². The van der Waals surface area contributed by atoms with Gasteiger partial charge < -0.3 is 5.11 Å². The Morgan fingerprint density at radius 3 is 2.33 bits per heavy atom. The Hall–Kier alpha value is -2.63. The van der Waals surface area contributed by atoms with Crippen LogP contribution in [0, 0.1) is 37.5 Å². The molecule has 2 N–H and O–H groups in total. The third kappa shape index (κ3) is 2.80. The van der Waals surface area contributed by atoms with Gasteiger partial charge in [0, 0.05) is 6.21 Å². The summed E-state index contributed by atoms with van der Waals surface area (Å²) in [5, 5.41) is 10.9. The maximum absolute atomic E-state index is 12.6. The molecule has 3 atom stereocenters. The molecule has 1 heterocycles. The fraction of sp³-hybridized carbons (Fsp3) is 0.542. The molecule has 2 aromatic rings. The standard InChI is InChI=1S/C24H31N3O3/c1-13-9-14(2)19(15(3)10-13)27-21(29)17(20(28)26-22(27)30)12-25-18-11-16-7-8-24(18,6)23(16,4)5/h9-10,12,16,18,29H,7-8,11H2,1-6H3,(H,26,28,30)/t16-,18+,24+/m1/s1. The Morgan fingerprint density at radius 1 is 1.17 bits per heavy atom. The van der Waals surface area contributed by atoms with Gasteiger partial charge in [-0.05, 0) is 67.9 Å². The molecule has 0 unspecified atom stereocenters. The number of benzene rings is 1. The minimum Gasteiger partial charge on any atom is -0.493 e. The van der Waals surface area contributed by atoms with Crippen molar-refractivity contribution in [2.24, 2.45) is 21.7 Å². The van der Waals surface area contributed by atoms with E-state index in [1.807, 2.05) is 32.9 Å². The van der Waals surface area contributed by atoms with E-state index in [1.165, 1.54) is 17.2 Å². The first kappa shape index (κ1) is 20.6. The van der Waals surface area contributed by atoms with Crippen LogP contribution in [-0.4, -0.2) is 26.9 Å². The monoisotopic (exact) mass is 409 g/mol. The van der Waals surface area contributed by atoms with Crippen LogP contribution in [0.3, 0.4) is 0 Å². The van der Waals surface area contributed by atoms with E-state index in [-0.39, 0.29) is 28.3 Å². The number of aromatic amines is 1. The zero-order valence-corrected chi connectivity index (χ0v) is 18.7. The molecule has 0 saturated heterocycles. The third-order valence-corrected chi connectivity index (χ3v) is 8.11. The second-order valence-corrected chi connectivity index (χ2v) is 9.98. The molecular weight excluding hydrogens is 378 g/mol. The molecule has 2 fully saturated rings. The minimum absolute atomic E-state index is 0.0261. The predicted molar refractivity (Wildman–Crippen MR) is 119 cm³/mol. The van der Waals surface area contributed by atoms with Gasteiger partial charge in [0.1, 0.15) is 5.56 Å². The van der Waals surface area contributed by atoms with Crippen LogP contribution in [0.4, 0.5) is 0 Å². The molecule has 2 bridgehead atoms. The minimum atomic E-state index is -0.655. The topological polar surface area (TPSA) is 87.4 Å². The van der Waals surface area contributed by atoms with Gasteiger partial charge in [-0.25, -0.2) is 9.36 Å². The molecule has 0 aliphatic heterocycles. The van der Waals surface area contributed by atoms with E-state index in [4.69, 9.17) is 4.99 Å². The molecule has 2 aliphatic rings. The molecule has 1 aromatic carbocycles. The zero-order chi connectivity index (χ0) is 22.0. The lowest BCUT2D eigenvalue weighted by Gasteiger charge is -2.37. The summed E-state index contributed by atoms with van der Waals surface area (Å²) in [5.41, 5.74) is 2.39. The van der Waals surface area contributed by atoms with Crippen molar-refractivity contribution in [2.75, 3.05) is 0 Å². The average Bonchev–Trinajstić information content (AvgIpc) is 2.96. The van der Waals surface area contributed by atoms with Gasteiger partial charge in [-0.1, -0.05) is 38.5 Å². The second-order valence-electron chi connectivity index (χ2n) is 9.98. The summed E-state index contributed by atoms with van der Waals surface area (Å²) in [4.78, 5) is 32.2. The first-order valence-corrected chi connectivity index (χ1v) is 10.7. The summed E-state index contributed by atoms with van der Waals surface area (Å²) in [5.74, 6) is 0.262. The van der Waals surface area contributed by atoms with Crippen molar-refractivity contribution in [3.63, 3.8) is 0 Å². The maximum Gasteiger partial charge on any atom is 0.335 e. The molecule has 1 aromatic heterocycles. The number of H-pyrrole nitrogens is 1. The van der Waals surface area contributed by atoms with Crippen molar-refractivity contribution in [3.8, 4) is 11.6 Å². The number of fused-ring (bicyclic) bond motifs is 2. The molecule has 6 nitrogen and oxygen atoms in total. The normalized spacial score (nSPS) is 27.3. The number of hydrogen-bond donors (Lipinski definition) is 2. The highest BCUT2D eigenvalue weighted by Gasteiger charge is 2.61. The summed E-state index contributed by atoms with van der Waals surface area (Å²) in [6.07, 6.45) is 4.80. The molecule has 4 rings (SSSR count).